The van der Waals surface area contributed by atoms with E-state index in [1.54, 1.807) is 7.11 Å². The summed E-state index contributed by atoms with van der Waals surface area (Å²) in [5, 5.41) is 9.59. The van der Waals surface area contributed by atoms with Crippen molar-refractivity contribution in [1.29, 1.82) is 0 Å². The van der Waals surface area contributed by atoms with Crippen LogP contribution in [0.25, 0.3) is 0 Å². The highest BCUT2D eigenvalue weighted by atomic mass is 16.5. The van der Waals surface area contributed by atoms with E-state index >= 15 is 0 Å². The van der Waals surface area contributed by atoms with Crippen molar-refractivity contribution >= 4 is 5.97 Å². The van der Waals surface area contributed by atoms with Gasteiger partial charge >= 0.3 is 5.97 Å². The highest BCUT2D eigenvalue weighted by molar-refractivity contribution is 5.87. The van der Waals surface area contributed by atoms with E-state index in [0.29, 0.717) is 18.8 Å². The summed E-state index contributed by atoms with van der Waals surface area (Å²) in [5.74, 6) is 0.362. The molecule has 1 aromatic carbocycles. The molecule has 19 heavy (non-hydrogen) atoms. The summed E-state index contributed by atoms with van der Waals surface area (Å²) in [6.07, 6.45) is 2.28. The number of hydrogen-bond acceptors (Lipinski definition) is 2. The Labute approximate surface area is 114 Å². The molecule has 0 atom stereocenters. The molecule has 0 heterocycles. The standard InChI is InChI=1S/C16H22O3/c1-5-11-6-7-12(10(2)3)13(14(11)19-4)16(8-9-16)15(17)18/h6-7,10H,5,8-9H2,1-4H3,(H,17,18). The maximum atomic E-state index is 11.7. The lowest BCUT2D eigenvalue weighted by Crippen LogP contribution is -2.23. The monoisotopic (exact) mass is 262 g/mol. The predicted octanol–water partition coefficient (Wildman–Crippen LogP) is 3.50. The lowest BCUT2D eigenvalue weighted by molar-refractivity contribution is -0.140. The summed E-state index contributed by atoms with van der Waals surface area (Å²) >= 11 is 0. The third-order valence-corrected chi connectivity index (χ3v) is 4.12. The Balaban J connectivity index is 2.70. The van der Waals surface area contributed by atoms with Crippen molar-refractivity contribution in [3.63, 3.8) is 0 Å². The molecule has 0 saturated heterocycles. The fourth-order valence-corrected chi connectivity index (χ4v) is 2.82. The fourth-order valence-electron chi connectivity index (χ4n) is 2.82. The van der Waals surface area contributed by atoms with E-state index in [1.807, 2.05) is 0 Å². The topological polar surface area (TPSA) is 46.5 Å². The first-order chi connectivity index (χ1) is 8.97. The minimum Gasteiger partial charge on any atom is -0.496 e. The minimum absolute atomic E-state index is 0.298. The van der Waals surface area contributed by atoms with Crippen LogP contribution >= 0.6 is 0 Å². The molecule has 0 unspecified atom stereocenters. The molecule has 1 aromatic rings. The lowest BCUT2D eigenvalue weighted by Gasteiger charge is -2.23. The van der Waals surface area contributed by atoms with Crippen molar-refractivity contribution in [2.45, 2.75) is 51.4 Å². The van der Waals surface area contributed by atoms with Gasteiger partial charge in [-0.3, -0.25) is 4.79 Å². The molecule has 0 amide bonds. The van der Waals surface area contributed by atoms with Crippen molar-refractivity contribution in [1.82, 2.24) is 0 Å². The Morgan fingerprint density at radius 3 is 2.42 bits per heavy atom. The Morgan fingerprint density at radius 2 is 2.05 bits per heavy atom. The summed E-state index contributed by atoms with van der Waals surface area (Å²) in [6.45, 7) is 6.26. The van der Waals surface area contributed by atoms with Gasteiger partial charge in [-0.05, 0) is 36.3 Å². The summed E-state index contributed by atoms with van der Waals surface area (Å²) in [5.41, 5.74) is 2.40. The highest BCUT2D eigenvalue weighted by Gasteiger charge is 2.54. The second-order valence-corrected chi connectivity index (χ2v) is 5.62. The van der Waals surface area contributed by atoms with Gasteiger partial charge in [-0.15, -0.1) is 0 Å². The third kappa shape index (κ3) is 2.11. The quantitative estimate of drug-likeness (QED) is 0.883. The van der Waals surface area contributed by atoms with Crippen LogP contribution in [0.1, 0.15) is 56.2 Å². The van der Waals surface area contributed by atoms with Crippen molar-refractivity contribution < 1.29 is 14.6 Å². The van der Waals surface area contributed by atoms with Gasteiger partial charge < -0.3 is 9.84 Å². The molecule has 0 spiro atoms. The van der Waals surface area contributed by atoms with E-state index in [2.05, 4.69) is 32.9 Å². The van der Waals surface area contributed by atoms with Crippen molar-refractivity contribution in [2.75, 3.05) is 7.11 Å². The zero-order valence-electron chi connectivity index (χ0n) is 12.1. The summed E-state index contributed by atoms with van der Waals surface area (Å²) < 4.78 is 5.57. The molecule has 0 aliphatic heterocycles. The van der Waals surface area contributed by atoms with Crippen LogP contribution in [0, 0.1) is 0 Å². The first-order valence-electron chi connectivity index (χ1n) is 6.91. The molecule has 0 bridgehead atoms. The second-order valence-electron chi connectivity index (χ2n) is 5.62. The van der Waals surface area contributed by atoms with E-state index < -0.39 is 11.4 Å². The molecular weight excluding hydrogens is 240 g/mol. The molecular formula is C16H22O3. The Bertz CT molecular complexity index is 499. The minimum atomic E-state index is -0.721. The molecule has 104 valence electrons. The van der Waals surface area contributed by atoms with Crippen molar-refractivity contribution in [3.8, 4) is 5.75 Å². The Hall–Kier alpha value is -1.51. The number of carboxylic acids is 1. The molecule has 2 rings (SSSR count). The van der Waals surface area contributed by atoms with E-state index in [-0.39, 0.29) is 0 Å². The van der Waals surface area contributed by atoms with Crippen molar-refractivity contribution in [3.05, 3.63) is 28.8 Å². The largest absolute Gasteiger partial charge is 0.496 e. The zero-order chi connectivity index (χ0) is 14.2. The van der Waals surface area contributed by atoms with Gasteiger partial charge in [0, 0.05) is 5.56 Å². The van der Waals surface area contributed by atoms with E-state index in [0.717, 1.165) is 28.9 Å². The van der Waals surface area contributed by atoms with Crippen LogP contribution in [-0.4, -0.2) is 18.2 Å². The van der Waals surface area contributed by atoms with Crippen LogP contribution in [0.4, 0.5) is 0 Å². The van der Waals surface area contributed by atoms with Gasteiger partial charge in [0.1, 0.15) is 5.75 Å². The number of carbonyl (C=O) groups is 1. The van der Waals surface area contributed by atoms with Crippen LogP contribution in [0.15, 0.2) is 12.1 Å². The van der Waals surface area contributed by atoms with Gasteiger partial charge in [0.2, 0.25) is 0 Å². The fraction of sp³-hybridized carbons (Fsp3) is 0.562. The molecule has 1 aliphatic rings. The van der Waals surface area contributed by atoms with Crippen LogP contribution in [0.2, 0.25) is 0 Å². The number of ether oxygens (including phenoxy) is 1. The van der Waals surface area contributed by atoms with Crippen molar-refractivity contribution in [2.24, 2.45) is 0 Å². The zero-order valence-corrected chi connectivity index (χ0v) is 12.1. The van der Waals surface area contributed by atoms with Crippen LogP contribution in [0.3, 0.4) is 0 Å². The van der Waals surface area contributed by atoms with E-state index in [1.165, 1.54) is 0 Å². The first-order valence-corrected chi connectivity index (χ1v) is 6.91. The molecule has 1 saturated carbocycles. The van der Waals surface area contributed by atoms with Crippen LogP contribution in [-0.2, 0) is 16.6 Å². The van der Waals surface area contributed by atoms with Gasteiger partial charge in [-0.2, -0.15) is 0 Å². The molecule has 0 radical (unpaired) electrons. The average molecular weight is 262 g/mol. The number of hydrogen-bond donors (Lipinski definition) is 1. The first kappa shape index (κ1) is 13.9. The average Bonchev–Trinajstić information content (AvgIpc) is 3.17. The normalized spacial score (nSPS) is 16.5. The molecule has 0 aromatic heterocycles. The summed E-state index contributed by atoms with van der Waals surface area (Å²) in [6, 6.07) is 4.14. The van der Waals surface area contributed by atoms with E-state index in [9.17, 15) is 9.90 Å². The SMILES string of the molecule is CCc1ccc(C(C)C)c(C2(C(=O)O)CC2)c1OC. The Morgan fingerprint density at radius 1 is 1.42 bits per heavy atom. The van der Waals surface area contributed by atoms with Gasteiger partial charge in [-0.1, -0.05) is 32.9 Å². The number of benzene rings is 1. The molecule has 1 aliphatic carbocycles. The smallest absolute Gasteiger partial charge is 0.314 e. The van der Waals surface area contributed by atoms with Crippen LogP contribution < -0.4 is 4.74 Å². The lowest BCUT2D eigenvalue weighted by atomic mass is 9.84. The van der Waals surface area contributed by atoms with Gasteiger partial charge in [0.25, 0.3) is 0 Å². The maximum Gasteiger partial charge on any atom is 0.314 e. The van der Waals surface area contributed by atoms with Crippen LogP contribution in [0.5, 0.6) is 5.75 Å². The Kier molecular flexibility index (Phi) is 3.57. The molecule has 1 N–H and O–H groups in total. The molecule has 3 nitrogen and oxygen atoms in total. The van der Waals surface area contributed by atoms with Gasteiger partial charge in [0.05, 0.1) is 12.5 Å². The third-order valence-electron chi connectivity index (χ3n) is 4.12. The van der Waals surface area contributed by atoms with Gasteiger partial charge in [0.15, 0.2) is 0 Å². The molecule has 3 heteroatoms. The summed E-state index contributed by atoms with van der Waals surface area (Å²) in [4.78, 5) is 11.7. The number of carboxylic acid groups (broad SMARTS) is 1. The molecule has 1 fully saturated rings. The summed E-state index contributed by atoms with van der Waals surface area (Å²) in [7, 11) is 1.64. The number of aliphatic carboxylic acids is 1. The van der Waals surface area contributed by atoms with E-state index in [4.69, 9.17) is 4.74 Å². The highest BCUT2D eigenvalue weighted by Crippen LogP contribution is 2.54. The number of aryl methyl sites for hydroxylation is 1. The number of methoxy groups -OCH3 is 1. The number of rotatable bonds is 5. The second kappa shape index (κ2) is 4.87. The predicted molar refractivity (Wildman–Crippen MR) is 75.0 cm³/mol. The van der Waals surface area contributed by atoms with Gasteiger partial charge in [-0.25, -0.2) is 0 Å². The maximum absolute atomic E-state index is 11.7.